The Bertz CT molecular complexity index is 2170. The molecular weight excluding hydrogens is 536 g/mol. The second-order valence-corrected chi connectivity index (χ2v) is 12.0. The lowest BCUT2D eigenvalue weighted by Gasteiger charge is -2.20. The second kappa shape index (κ2) is 10.2. The van der Waals surface area contributed by atoms with E-state index in [1.807, 2.05) is 6.07 Å². The fourth-order valence-corrected chi connectivity index (χ4v) is 7.62. The zero-order valence-electron chi connectivity index (χ0n) is 24.6. The summed E-state index contributed by atoms with van der Waals surface area (Å²) < 4.78 is 5.02. The Morgan fingerprint density at radius 3 is 1.95 bits per heavy atom. The second-order valence-electron chi connectivity index (χ2n) is 12.0. The van der Waals surface area contributed by atoms with Gasteiger partial charge < -0.3 is 4.57 Å². The van der Waals surface area contributed by atoms with Crippen LogP contribution in [0.25, 0.3) is 56.2 Å². The van der Waals surface area contributed by atoms with Crippen molar-refractivity contribution in [3.63, 3.8) is 0 Å². The van der Waals surface area contributed by atoms with Gasteiger partial charge in [0.05, 0.1) is 22.6 Å². The minimum absolute atomic E-state index is 0.884. The van der Waals surface area contributed by atoms with Crippen molar-refractivity contribution >= 4 is 10.9 Å². The number of para-hydroxylation sites is 2. The van der Waals surface area contributed by atoms with Gasteiger partial charge in [0.25, 0.3) is 0 Å². The average Bonchev–Trinajstić information content (AvgIpc) is 3.62. The van der Waals surface area contributed by atoms with Crippen molar-refractivity contribution in [2.24, 2.45) is 0 Å². The number of benzene rings is 3. The molecular formula is C40H32N4. The first-order chi connectivity index (χ1) is 21.8. The molecule has 4 nitrogen and oxygen atoms in total. The molecule has 0 aliphatic heterocycles. The minimum atomic E-state index is 0.884. The number of nitrogens with zero attached hydrogens (tertiary/aromatic N) is 4. The maximum absolute atomic E-state index is 5.27. The molecule has 4 heteroatoms. The summed E-state index contributed by atoms with van der Waals surface area (Å²) in [5.74, 6) is 0.951. The number of fused-ring (bicyclic) bond motifs is 7. The Hall–Kier alpha value is -5.22. The van der Waals surface area contributed by atoms with Gasteiger partial charge in [0, 0.05) is 44.8 Å². The van der Waals surface area contributed by atoms with Gasteiger partial charge in [-0.25, -0.2) is 9.97 Å². The van der Waals surface area contributed by atoms with Crippen molar-refractivity contribution in [1.82, 2.24) is 19.1 Å². The highest BCUT2D eigenvalue weighted by atomic mass is 15.1. The molecule has 212 valence electrons. The number of pyridine rings is 2. The quantitative estimate of drug-likeness (QED) is 0.212. The standard InChI is InChI=1S/C40H32N4/c1-3-13-27(14-4-1)31-19-11-20-32(41-31)33-21-12-24-38(42-33)44-35-23-10-8-18-30(35)40-37(44)26-25-36-39(40)29-17-7-9-22-34(29)43(36)28-15-5-2-6-16-28/h1-6,8,10-16,18-21,23-24H,7,9,17,22,25-26H2. The first-order valence-corrected chi connectivity index (χ1v) is 15.8. The topological polar surface area (TPSA) is 35.6 Å². The Labute approximate surface area is 257 Å². The van der Waals surface area contributed by atoms with Gasteiger partial charge in [-0.2, -0.15) is 0 Å². The molecule has 0 saturated heterocycles. The Kier molecular flexibility index (Phi) is 5.86. The Morgan fingerprint density at radius 2 is 1.11 bits per heavy atom. The Morgan fingerprint density at radius 1 is 0.455 bits per heavy atom. The van der Waals surface area contributed by atoms with Crippen LogP contribution in [0.4, 0.5) is 0 Å². The van der Waals surface area contributed by atoms with E-state index in [-0.39, 0.29) is 0 Å². The minimum Gasteiger partial charge on any atom is -0.317 e. The highest BCUT2D eigenvalue weighted by Crippen LogP contribution is 2.48. The largest absolute Gasteiger partial charge is 0.317 e. The molecule has 0 radical (unpaired) electrons. The van der Waals surface area contributed by atoms with Crippen LogP contribution in [0.3, 0.4) is 0 Å². The average molecular weight is 569 g/mol. The predicted octanol–water partition coefficient (Wildman–Crippen LogP) is 9.19. The van der Waals surface area contributed by atoms with Gasteiger partial charge in [-0.05, 0) is 86.6 Å². The maximum atomic E-state index is 5.27. The number of hydrogen-bond donors (Lipinski definition) is 0. The van der Waals surface area contributed by atoms with Gasteiger partial charge in [-0.15, -0.1) is 0 Å². The van der Waals surface area contributed by atoms with E-state index in [9.17, 15) is 0 Å². The van der Waals surface area contributed by atoms with Crippen molar-refractivity contribution in [2.75, 3.05) is 0 Å². The fourth-order valence-electron chi connectivity index (χ4n) is 7.62. The summed E-state index contributed by atoms with van der Waals surface area (Å²) in [6, 6.07) is 42.8. The lowest BCUT2D eigenvalue weighted by atomic mass is 9.86. The van der Waals surface area contributed by atoms with E-state index in [2.05, 4.69) is 124 Å². The smallest absolute Gasteiger partial charge is 0.138 e. The van der Waals surface area contributed by atoms with E-state index in [0.29, 0.717) is 0 Å². The van der Waals surface area contributed by atoms with E-state index < -0.39 is 0 Å². The first kappa shape index (κ1) is 25.3. The van der Waals surface area contributed by atoms with E-state index in [1.165, 1.54) is 57.6 Å². The summed E-state index contributed by atoms with van der Waals surface area (Å²) >= 11 is 0. The number of rotatable bonds is 4. The maximum Gasteiger partial charge on any atom is 0.138 e. The van der Waals surface area contributed by atoms with E-state index in [1.54, 1.807) is 5.56 Å². The molecule has 0 N–H and O–H groups in total. The van der Waals surface area contributed by atoms with E-state index in [0.717, 1.165) is 54.1 Å². The predicted molar refractivity (Wildman–Crippen MR) is 179 cm³/mol. The van der Waals surface area contributed by atoms with Gasteiger partial charge in [0.15, 0.2) is 0 Å². The van der Waals surface area contributed by atoms with Gasteiger partial charge >= 0.3 is 0 Å². The molecule has 4 aromatic heterocycles. The molecule has 44 heavy (non-hydrogen) atoms. The van der Waals surface area contributed by atoms with Crippen LogP contribution in [0, 0.1) is 0 Å². The zero-order chi connectivity index (χ0) is 29.0. The number of hydrogen-bond acceptors (Lipinski definition) is 2. The van der Waals surface area contributed by atoms with E-state index in [4.69, 9.17) is 9.97 Å². The monoisotopic (exact) mass is 568 g/mol. The van der Waals surface area contributed by atoms with Gasteiger partial charge in [-0.3, -0.25) is 4.57 Å². The van der Waals surface area contributed by atoms with Crippen molar-refractivity contribution < 1.29 is 0 Å². The van der Waals surface area contributed by atoms with Crippen molar-refractivity contribution in [2.45, 2.75) is 38.5 Å². The lowest BCUT2D eigenvalue weighted by Crippen LogP contribution is -2.12. The Balaban J connectivity index is 1.24. The molecule has 0 amide bonds. The third-order valence-corrected chi connectivity index (χ3v) is 9.45. The lowest BCUT2D eigenvalue weighted by molar-refractivity contribution is 0.660. The molecule has 0 fully saturated rings. The highest BCUT2D eigenvalue weighted by molar-refractivity contribution is 6.01. The molecule has 2 aliphatic carbocycles. The molecule has 7 aromatic rings. The molecule has 9 rings (SSSR count). The molecule has 0 saturated carbocycles. The summed E-state index contributed by atoms with van der Waals surface area (Å²) in [7, 11) is 0. The summed E-state index contributed by atoms with van der Waals surface area (Å²) in [5.41, 5.74) is 15.2. The SMILES string of the molecule is c1ccc(-c2cccc(-c3cccc(-n4c5c(c6ccccc64)-c4c6c(n(-c7ccccc7)c4CC5)CCCC6)n3)n2)cc1. The van der Waals surface area contributed by atoms with Crippen LogP contribution in [0.15, 0.2) is 121 Å². The van der Waals surface area contributed by atoms with Crippen molar-refractivity contribution in [1.29, 1.82) is 0 Å². The van der Waals surface area contributed by atoms with Gasteiger partial charge in [-0.1, -0.05) is 78.9 Å². The van der Waals surface area contributed by atoms with Crippen LogP contribution in [-0.2, 0) is 25.7 Å². The molecule has 3 aromatic carbocycles. The van der Waals surface area contributed by atoms with Gasteiger partial charge in [0.2, 0.25) is 0 Å². The highest BCUT2D eigenvalue weighted by Gasteiger charge is 2.33. The third-order valence-electron chi connectivity index (χ3n) is 9.45. The molecule has 0 unspecified atom stereocenters. The van der Waals surface area contributed by atoms with Crippen LogP contribution >= 0.6 is 0 Å². The summed E-state index contributed by atoms with van der Waals surface area (Å²) in [5, 5.41) is 1.32. The first-order valence-electron chi connectivity index (χ1n) is 15.8. The molecule has 4 heterocycles. The normalized spacial score (nSPS) is 13.8. The van der Waals surface area contributed by atoms with Crippen LogP contribution < -0.4 is 0 Å². The van der Waals surface area contributed by atoms with Crippen molar-refractivity contribution in [3.8, 4) is 45.3 Å². The van der Waals surface area contributed by atoms with Crippen molar-refractivity contribution in [3.05, 3.63) is 144 Å². The van der Waals surface area contributed by atoms with Crippen LogP contribution in [0.5, 0.6) is 0 Å². The number of aromatic nitrogens is 4. The summed E-state index contributed by atoms with van der Waals surface area (Å²) in [6.45, 7) is 0. The van der Waals surface area contributed by atoms with Gasteiger partial charge in [0.1, 0.15) is 5.82 Å². The third kappa shape index (κ3) is 3.91. The van der Waals surface area contributed by atoms with Crippen LogP contribution in [0.1, 0.15) is 35.5 Å². The summed E-state index contributed by atoms with van der Waals surface area (Å²) in [4.78, 5) is 10.3. The van der Waals surface area contributed by atoms with E-state index >= 15 is 0 Å². The summed E-state index contributed by atoms with van der Waals surface area (Å²) in [6.07, 6.45) is 6.79. The zero-order valence-corrected chi connectivity index (χ0v) is 24.6. The molecule has 0 atom stereocenters. The molecule has 2 aliphatic rings. The molecule has 0 bridgehead atoms. The molecule has 0 spiro atoms. The van der Waals surface area contributed by atoms with Crippen LogP contribution in [-0.4, -0.2) is 19.1 Å². The van der Waals surface area contributed by atoms with Crippen LogP contribution in [0.2, 0.25) is 0 Å². The fraction of sp³-hybridized carbons (Fsp3) is 0.150.